The molecule has 7 nitrogen and oxygen atoms in total. The molecule has 0 saturated heterocycles. The molecular weight excluding hydrogens is 489 g/mol. The Morgan fingerprint density at radius 1 is 0.649 bits per heavy atom. The van der Waals surface area contributed by atoms with E-state index in [1.807, 2.05) is 21.1 Å². The van der Waals surface area contributed by atoms with Crippen LogP contribution in [0.1, 0.15) is 122 Å². The molecule has 0 aromatic rings. The summed E-state index contributed by atoms with van der Waals surface area (Å²) in [5, 5.41) is 0. The van der Waals surface area contributed by atoms with Crippen molar-refractivity contribution in [1.82, 2.24) is 0 Å². The van der Waals surface area contributed by atoms with Crippen LogP contribution in [0.15, 0.2) is 0 Å². The van der Waals surface area contributed by atoms with Crippen LogP contribution < -0.4 is 4.89 Å². The molecular formula is C29H62NO6P. The second-order valence-electron chi connectivity index (χ2n) is 11.5. The summed E-state index contributed by atoms with van der Waals surface area (Å²) in [4.78, 5) is 11.9. The highest BCUT2D eigenvalue weighted by Crippen LogP contribution is 2.38. The van der Waals surface area contributed by atoms with Gasteiger partial charge in [0.1, 0.15) is 19.3 Å². The molecule has 0 radical (unpaired) electrons. The minimum Gasteiger partial charge on any atom is -0.756 e. The normalized spacial score (nSPS) is 14.6. The molecule has 2 atom stereocenters. The maximum absolute atomic E-state index is 11.9. The van der Waals surface area contributed by atoms with Crippen molar-refractivity contribution < 1.29 is 32.5 Å². The first kappa shape index (κ1) is 37.0. The number of nitrogens with zero attached hydrogens (tertiary/aromatic N) is 1. The van der Waals surface area contributed by atoms with E-state index in [0.717, 1.165) is 6.42 Å². The summed E-state index contributed by atoms with van der Waals surface area (Å²) in [5.74, 6) is 0. The van der Waals surface area contributed by atoms with Gasteiger partial charge in [0.25, 0.3) is 7.82 Å². The van der Waals surface area contributed by atoms with Gasteiger partial charge in [-0.1, -0.05) is 116 Å². The fourth-order valence-corrected chi connectivity index (χ4v) is 4.87. The number of hydrogen-bond acceptors (Lipinski definition) is 6. The number of rotatable bonds is 29. The van der Waals surface area contributed by atoms with E-state index in [9.17, 15) is 9.46 Å². The minimum absolute atomic E-state index is 0.0950. The first-order chi connectivity index (χ1) is 17.7. The van der Waals surface area contributed by atoms with E-state index >= 15 is 0 Å². The number of unbranched alkanes of at least 4 members (excludes halogenated alkanes) is 17. The lowest BCUT2D eigenvalue weighted by Crippen LogP contribution is -2.37. The molecule has 0 aliphatic carbocycles. The predicted octanol–water partition coefficient (Wildman–Crippen LogP) is 7.27. The summed E-state index contributed by atoms with van der Waals surface area (Å²) in [6.45, 7) is 3.83. The molecule has 8 heteroatoms. The number of phosphoric ester groups is 1. The number of ether oxygens (including phenoxy) is 2. The Morgan fingerprint density at radius 2 is 1.08 bits per heavy atom. The summed E-state index contributed by atoms with van der Waals surface area (Å²) < 4.78 is 33.3. The molecule has 37 heavy (non-hydrogen) atoms. The molecule has 0 heterocycles. The Bertz CT molecular complexity index is 529. The zero-order chi connectivity index (χ0) is 27.7. The van der Waals surface area contributed by atoms with Gasteiger partial charge in [0.05, 0.1) is 34.4 Å². The van der Waals surface area contributed by atoms with Crippen LogP contribution in [0.3, 0.4) is 0 Å². The van der Waals surface area contributed by atoms with Gasteiger partial charge in [-0.3, -0.25) is 4.57 Å². The zero-order valence-electron chi connectivity index (χ0n) is 25.2. The van der Waals surface area contributed by atoms with Crippen LogP contribution in [0.25, 0.3) is 0 Å². The van der Waals surface area contributed by atoms with E-state index in [1.54, 1.807) is 0 Å². The zero-order valence-corrected chi connectivity index (χ0v) is 26.1. The van der Waals surface area contributed by atoms with E-state index in [1.165, 1.54) is 116 Å². The lowest BCUT2D eigenvalue weighted by molar-refractivity contribution is -0.870. The van der Waals surface area contributed by atoms with Crippen molar-refractivity contribution >= 4 is 7.82 Å². The van der Waals surface area contributed by atoms with Crippen LogP contribution >= 0.6 is 7.82 Å². The topological polar surface area (TPSA) is 77.1 Å². The first-order valence-electron chi connectivity index (χ1n) is 15.2. The highest BCUT2D eigenvalue weighted by Gasteiger charge is 2.16. The van der Waals surface area contributed by atoms with Crippen molar-refractivity contribution in [2.75, 3.05) is 61.2 Å². The molecule has 0 fully saturated rings. The maximum atomic E-state index is 11.9. The number of methoxy groups -OCH3 is 1. The summed E-state index contributed by atoms with van der Waals surface area (Å²) in [7, 11) is 3.12. The molecule has 0 aliphatic heterocycles. The average molecular weight is 552 g/mol. The van der Waals surface area contributed by atoms with E-state index in [0.29, 0.717) is 24.2 Å². The molecule has 0 bridgehead atoms. The van der Waals surface area contributed by atoms with Crippen LogP contribution in [-0.4, -0.2) is 71.8 Å². The number of quaternary nitrogens is 1. The van der Waals surface area contributed by atoms with Gasteiger partial charge in [-0.25, -0.2) is 0 Å². The quantitative estimate of drug-likeness (QED) is 0.0553. The first-order valence-corrected chi connectivity index (χ1v) is 16.7. The van der Waals surface area contributed by atoms with Gasteiger partial charge in [0.2, 0.25) is 0 Å². The third kappa shape index (κ3) is 28.8. The summed E-state index contributed by atoms with van der Waals surface area (Å²) in [6.07, 6.45) is 24.0. The number of hydrogen-bond donors (Lipinski definition) is 0. The highest BCUT2D eigenvalue weighted by atomic mass is 31.2. The number of phosphoric acid groups is 1. The van der Waals surface area contributed by atoms with Crippen molar-refractivity contribution in [2.45, 2.75) is 129 Å². The minimum atomic E-state index is -4.32. The molecule has 0 N–H and O–H groups in total. The predicted molar refractivity (Wildman–Crippen MR) is 153 cm³/mol. The van der Waals surface area contributed by atoms with Crippen molar-refractivity contribution in [3.8, 4) is 0 Å². The lowest BCUT2D eigenvalue weighted by atomic mass is 10.0. The number of likely N-dealkylation sites (N-methyl/N-ethyl adjacent to an activating group) is 1. The van der Waals surface area contributed by atoms with E-state index < -0.39 is 13.9 Å². The van der Waals surface area contributed by atoms with E-state index in [4.69, 9.17) is 18.5 Å². The largest absolute Gasteiger partial charge is 0.756 e. The van der Waals surface area contributed by atoms with Crippen LogP contribution in [0, 0.1) is 0 Å². The van der Waals surface area contributed by atoms with Crippen molar-refractivity contribution in [1.29, 1.82) is 0 Å². The Kier molecular flexibility index (Phi) is 25.0. The third-order valence-corrected chi connectivity index (χ3v) is 7.67. The third-order valence-electron chi connectivity index (χ3n) is 6.71. The van der Waals surface area contributed by atoms with Gasteiger partial charge in [-0.2, -0.15) is 0 Å². The van der Waals surface area contributed by atoms with E-state index in [2.05, 4.69) is 6.92 Å². The SMILES string of the molecule is CCCCCCCCCCCCCCCCCCCCOC[C@H](COP(=O)([O-])OCC[N+](C)(C)C)OC. The van der Waals surface area contributed by atoms with Crippen molar-refractivity contribution in [3.63, 3.8) is 0 Å². The second-order valence-corrected chi connectivity index (χ2v) is 12.9. The van der Waals surface area contributed by atoms with Crippen LogP contribution in [0.2, 0.25) is 0 Å². The summed E-state index contributed by atoms with van der Waals surface area (Å²) >= 11 is 0. The van der Waals surface area contributed by atoms with Gasteiger partial charge in [-0.05, 0) is 6.42 Å². The summed E-state index contributed by atoms with van der Waals surface area (Å²) in [5.41, 5.74) is 0. The molecule has 0 amide bonds. The van der Waals surface area contributed by atoms with Crippen molar-refractivity contribution in [3.05, 3.63) is 0 Å². The van der Waals surface area contributed by atoms with Crippen LogP contribution in [-0.2, 0) is 23.1 Å². The molecule has 0 spiro atoms. The van der Waals surface area contributed by atoms with Crippen molar-refractivity contribution in [2.24, 2.45) is 0 Å². The van der Waals surface area contributed by atoms with E-state index in [-0.39, 0.29) is 13.2 Å². The molecule has 0 aliphatic rings. The fourth-order valence-electron chi connectivity index (χ4n) is 4.14. The smallest absolute Gasteiger partial charge is 0.268 e. The van der Waals surface area contributed by atoms with Gasteiger partial charge >= 0.3 is 0 Å². The summed E-state index contributed by atoms with van der Waals surface area (Å²) in [6, 6.07) is 0. The van der Waals surface area contributed by atoms with Gasteiger partial charge < -0.3 is 27.9 Å². The van der Waals surface area contributed by atoms with Gasteiger partial charge in [0, 0.05) is 13.7 Å². The molecule has 1 unspecified atom stereocenters. The van der Waals surface area contributed by atoms with Gasteiger partial charge in [0.15, 0.2) is 0 Å². The monoisotopic (exact) mass is 551 g/mol. The standard InChI is InChI=1S/C29H62NO6P/c1-6-7-8-9-10-11-12-13-14-15-16-17-18-19-20-21-22-23-25-34-27-29(33-5)28-36-37(31,32)35-26-24-30(2,3)4/h29H,6-28H2,1-5H3/t29-/m1/s1. The molecule has 0 aromatic carbocycles. The highest BCUT2D eigenvalue weighted by molar-refractivity contribution is 7.45. The van der Waals surface area contributed by atoms with Crippen LogP contribution in [0.5, 0.6) is 0 Å². The van der Waals surface area contributed by atoms with Crippen LogP contribution in [0.4, 0.5) is 0 Å². The fraction of sp³-hybridized carbons (Fsp3) is 1.00. The Balaban J connectivity index is 3.44. The van der Waals surface area contributed by atoms with Gasteiger partial charge in [-0.15, -0.1) is 0 Å². The Morgan fingerprint density at radius 3 is 1.49 bits per heavy atom. The average Bonchev–Trinajstić information content (AvgIpc) is 2.83. The maximum Gasteiger partial charge on any atom is 0.268 e. The molecule has 0 rings (SSSR count). The second kappa shape index (κ2) is 25.0. The molecule has 224 valence electrons. The molecule has 0 saturated carbocycles. The lowest BCUT2D eigenvalue weighted by Gasteiger charge is -2.28. The molecule has 0 aromatic heterocycles. The Labute approximate surface area is 230 Å². The Hall–Kier alpha value is -0.0100.